The minimum Gasteiger partial charge on any atom is -0.309 e. The number of nitrogens with one attached hydrogen (secondary N) is 1. The Morgan fingerprint density at radius 3 is 2.52 bits per heavy atom. The molecule has 118 valence electrons. The summed E-state index contributed by atoms with van der Waals surface area (Å²) in [4.78, 5) is 2.34. The fraction of sp³-hybridized carbons (Fsp3) is 0.600. The van der Waals surface area contributed by atoms with E-state index in [0.717, 1.165) is 31.8 Å². The third-order valence-electron chi connectivity index (χ3n) is 3.72. The van der Waals surface area contributed by atoms with Crippen molar-refractivity contribution in [2.24, 2.45) is 0 Å². The van der Waals surface area contributed by atoms with E-state index in [0.29, 0.717) is 12.1 Å². The predicted octanol–water partition coefficient (Wildman–Crippen LogP) is 3.42. The van der Waals surface area contributed by atoms with Gasteiger partial charge in [0.1, 0.15) is 5.82 Å². The Balaban J connectivity index is 1.90. The standard InChI is InChI=1S/C15H20F4N2/c1-11(10-21-6-2-3-7-21)20-9-12-4-5-14(16)13(8-12)15(17,18)19/h4-5,8,11,20H,2-3,6-7,9-10H2,1H3. The molecule has 0 aliphatic carbocycles. The van der Waals surface area contributed by atoms with Gasteiger partial charge in [-0.05, 0) is 50.6 Å². The first kappa shape index (κ1) is 16.2. The highest BCUT2D eigenvalue weighted by Crippen LogP contribution is 2.31. The van der Waals surface area contributed by atoms with Gasteiger partial charge >= 0.3 is 6.18 Å². The molecule has 1 fully saturated rings. The van der Waals surface area contributed by atoms with Gasteiger partial charge in [-0.3, -0.25) is 0 Å². The summed E-state index contributed by atoms with van der Waals surface area (Å²) in [5.74, 6) is -1.23. The molecule has 0 aromatic heterocycles. The molecule has 1 heterocycles. The van der Waals surface area contributed by atoms with Crippen molar-refractivity contribution in [1.82, 2.24) is 10.2 Å². The number of nitrogens with zero attached hydrogens (tertiary/aromatic N) is 1. The Kier molecular flexibility index (Phi) is 5.22. The second kappa shape index (κ2) is 6.75. The number of halogens is 4. The summed E-state index contributed by atoms with van der Waals surface area (Å²) in [6.45, 7) is 5.36. The Morgan fingerprint density at radius 2 is 1.90 bits per heavy atom. The van der Waals surface area contributed by atoms with Crippen LogP contribution in [0.2, 0.25) is 0 Å². The van der Waals surface area contributed by atoms with Gasteiger partial charge in [-0.2, -0.15) is 13.2 Å². The lowest BCUT2D eigenvalue weighted by Crippen LogP contribution is -2.37. The zero-order valence-corrected chi connectivity index (χ0v) is 12.0. The van der Waals surface area contributed by atoms with Crippen molar-refractivity contribution >= 4 is 0 Å². The summed E-state index contributed by atoms with van der Waals surface area (Å²) >= 11 is 0. The van der Waals surface area contributed by atoms with Gasteiger partial charge in [-0.1, -0.05) is 6.07 Å². The van der Waals surface area contributed by atoms with E-state index in [4.69, 9.17) is 0 Å². The van der Waals surface area contributed by atoms with Crippen molar-refractivity contribution in [1.29, 1.82) is 0 Å². The lowest BCUT2D eigenvalue weighted by molar-refractivity contribution is -0.140. The quantitative estimate of drug-likeness (QED) is 0.839. The molecule has 1 saturated heterocycles. The highest BCUT2D eigenvalue weighted by Gasteiger charge is 2.34. The van der Waals surface area contributed by atoms with Gasteiger partial charge in [0.05, 0.1) is 5.56 Å². The average Bonchev–Trinajstić information content (AvgIpc) is 2.89. The maximum Gasteiger partial charge on any atom is 0.419 e. The van der Waals surface area contributed by atoms with Crippen LogP contribution in [0.4, 0.5) is 17.6 Å². The van der Waals surface area contributed by atoms with Gasteiger partial charge < -0.3 is 10.2 Å². The smallest absolute Gasteiger partial charge is 0.309 e. The van der Waals surface area contributed by atoms with E-state index in [1.54, 1.807) is 0 Å². The van der Waals surface area contributed by atoms with Gasteiger partial charge in [0.25, 0.3) is 0 Å². The third kappa shape index (κ3) is 4.68. The van der Waals surface area contributed by atoms with Gasteiger partial charge in [-0.25, -0.2) is 4.39 Å². The summed E-state index contributed by atoms with van der Waals surface area (Å²) in [7, 11) is 0. The van der Waals surface area contributed by atoms with Crippen LogP contribution in [0.15, 0.2) is 18.2 Å². The second-order valence-electron chi connectivity index (χ2n) is 5.60. The lowest BCUT2D eigenvalue weighted by atomic mass is 10.1. The molecule has 1 N–H and O–H groups in total. The summed E-state index contributed by atoms with van der Waals surface area (Å²) in [6.07, 6.45) is -2.24. The van der Waals surface area contributed by atoms with Crippen LogP contribution in [-0.4, -0.2) is 30.6 Å². The van der Waals surface area contributed by atoms with Crippen molar-refractivity contribution in [2.75, 3.05) is 19.6 Å². The highest BCUT2D eigenvalue weighted by molar-refractivity contribution is 5.27. The van der Waals surface area contributed by atoms with Crippen molar-refractivity contribution in [2.45, 2.75) is 38.5 Å². The molecule has 21 heavy (non-hydrogen) atoms. The van der Waals surface area contributed by atoms with Crippen molar-refractivity contribution in [3.8, 4) is 0 Å². The largest absolute Gasteiger partial charge is 0.419 e. The minimum atomic E-state index is -4.65. The number of hydrogen-bond donors (Lipinski definition) is 1. The van der Waals surface area contributed by atoms with Gasteiger partial charge in [-0.15, -0.1) is 0 Å². The van der Waals surface area contributed by atoms with Gasteiger partial charge in [0, 0.05) is 19.1 Å². The summed E-state index contributed by atoms with van der Waals surface area (Å²) in [5.41, 5.74) is -0.758. The number of benzene rings is 1. The molecule has 1 aromatic rings. The van der Waals surface area contributed by atoms with E-state index in [2.05, 4.69) is 10.2 Å². The SMILES string of the molecule is CC(CN1CCCC1)NCc1ccc(F)c(C(F)(F)F)c1. The van der Waals surface area contributed by atoms with Crippen LogP contribution in [0, 0.1) is 5.82 Å². The van der Waals surface area contributed by atoms with E-state index in [-0.39, 0.29) is 6.04 Å². The fourth-order valence-corrected chi connectivity index (χ4v) is 2.61. The summed E-state index contributed by atoms with van der Waals surface area (Å²) in [6, 6.07) is 3.33. The number of rotatable bonds is 5. The molecule has 1 aliphatic heterocycles. The Morgan fingerprint density at radius 1 is 1.24 bits per heavy atom. The zero-order valence-electron chi connectivity index (χ0n) is 12.0. The number of alkyl halides is 3. The molecule has 6 heteroatoms. The first-order valence-corrected chi connectivity index (χ1v) is 7.17. The molecule has 0 spiro atoms. The van der Waals surface area contributed by atoms with E-state index in [9.17, 15) is 17.6 Å². The van der Waals surface area contributed by atoms with E-state index >= 15 is 0 Å². The van der Waals surface area contributed by atoms with Crippen LogP contribution in [0.5, 0.6) is 0 Å². The number of hydrogen-bond acceptors (Lipinski definition) is 2. The Bertz CT molecular complexity index is 467. The van der Waals surface area contributed by atoms with E-state index in [1.165, 1.54) is 18.9 Å². The maximum atomic E-state index is 13.2. The van der Waals surface area contributed by atoms with Crippen molar-refractivity contribution in [3.63, 3.8) is 0 Å². The van der Waals surface area contributed by atoms with Crippen LogP contribution in [0.1, 0.15) is 30.9 Å². The molecule has 0 radical (unpaired) electrons. The average molecular weight is 304 g/mol. The second-order valence-corrected chi connectivity index (χ2v) is 5.60. The molecule has 0 bridgehead atoms. The topological polar surface area (TPSA) is 15.3 Å². The summed E-state index contributed by atoms with van der Waals surface area (Å²) < 4.78 is 51.1. The normalized spacial score (nSPS) is 18.1. The maximum absolute atomic E-state index is 13.2. The van der Waals surface area contributed by atoms with Gasteiger partial charge in [0.15, 0.2) is 0 Å². The molecule has 2 rings (SSSR count). The Labute approximate surface area is 122 Å². The van der Waals surface area contributed by atoms with E-state index in [1.807, 2.05) is 6.92 Å². The monoisotopic (exact) mass is 304 g/mol. The fourth-order valence-electron chi connectivity index (χ4n) is 2.61. The summed E-state index contributed by atoms with van der Waals surface area (Å²) in [5, 5.41) is 3.19. The molecule has 0 saturated carbocycles. The molecule has 2 nitrogen and oxygen atoms in total. The first-order chi connectivity index (χ1) is 9.86. The Hall–Kier alpha value is -1.14. The molecule has 1 unspecified atom stereocenters. The van der Waals surface area contributed by atoms with Crippen molar-refractivity contribution < 1.29 is 17.6 Å². The molecular formula is C15H20F4N2. The van der Waals surface area contributed by atoms with Crippen LogP contribution < -0.4 is 5.32 Å². The van der Waals surface area contributed by atoms with Gasteiger partial charge in [0.2, 0.25) is 0 Å². The highest BCUT2D eigenvalue weighted by atomic mass is 19.4. The van der Waals surface area contributed by atoms with E-state index < -0.39 is 17.6 Å². The predicted molar refractivity (Wildman–Crippen MR) is 73.4 cm³/mol. The molecule has 1 aliphatic rings. The third-order valence-corrected chi connectivity index (χ3v) is 3.72. The van der Waals surface area contributed by atoms with Crippen molar-refractivity contribution in [3.05, 3.63) is 35.1 Å². The van der Waals surface area contributed by atoms with Crippen LogP contribution in [0.3, 0.4) is 0 Å². The first-order valence-electron chi connectivity index (χ1n) is 7.17. The lowest BCUT2D eigenvalue weighted by Gasteiger charge is -2.21. The molecule has 1 aromatic carbocycles. The molecule has 0 amide bonds. The molecular weight excluding hydrogens is 284 g/mol. The molecule has 1 atom stereocenters. The van der Waals surface area contributed by atoms with Crippen LogP contribution >= 0.6 is 0 Å². The van der Waals surface area contributed by atoms with Crippen LogP contribution in [-0.2, 0) is 12.7 Å². The number of likely N-dealkylation sites (tertiary alicyclic amines) is 1. The van der Waals surface area contributed by atoms with Crippen LogP contribution in [0.25, 0.3) is 0 Å². The zero-order chi connectivity index (χ0) is 15.5. The minimum absolute atomic E-state index is 0.183.